The van der Waals surface area contributed by atoms with Crippen molar-refractivity contribution in [3.63, 3.8) is 0 Å². The highest BCUT2D eigenvalue weighted by Gasteiger charge is 2.41. The van der Waals surface area contributed by atoms with Crippen LogP contribution in [0.2, 0.25) is 0 Å². The van der Waals surface area contributed by atoms with Gasteiger partial charge < -0.3 is 38.5 Å². The summed E-state index contributed by atoms with van der Waals surface area (Å²) in [5.74, 6) is 0. The normalized spacial score (nSPS) is 13.1. The van der Waals surface area contributed by atoms with Gasteiger partial charge in [-0.05, 0) is 12.8 Å². The van der Waals surface area contributed by atoms with Crippen LogP contribution in [0.25, 0.3) is 0 Å². The van der Waals surface area contributed by atoms with Crippen molar-refractivity contribution < 1.29 is 38.5 Å². The predicted molar refractivity (Wildman–Crippen MR) is 171 cm³/mol. The van der Waals surface area contributed by atoms with Crippen molar-refractivity contribution >= 4 is 17.2 Å². The van der Waals surface area contributed by atoms with Crippen LogP contribution in [-0.4, -0.2) is 57.2 Å². The number of hydrogen-bond donors (Lipinski definition) is 5. The second kappa shape index (κ2) is 30.6. The molecular formula is C31H66O8P2. The van der Waals surface area contributed by atoms with Crippen molar-refractivity contribution in [3.05, 3.63) is 0 Å². The minimum atomic E-state index is -2.62. The molecule has 41 heavy (non-hydrogen) atoms. The van der Waals surface area contributed by atoms with Gasteiger partial charge in [0.2, 0.25) is 0 Å². The molecule has 0 aromatic rings. The van der Waals surface area contributed by atoms with E-state index in [2.05, 4.69) is 13.8 Å². The van der Waals surface area contributed by atoms with Crippen LogP contribution in [0.3, 0.4) is 0 Å². The standard InChI is InChI=1S/C31H66O8P2/c1-3-5-7-9-11-13-15-17-19-21-23-25-30(31(27-32,28-38-40(33)34)29-39-41(35)36)37-26-24-22-20-18-16-14-12-10-8-6-4-2/h30,32-36H,3-29H2,1-2H3. The average Bonchev–Trinajstić information content (AvgIpc) is 2.95. The van der Waals surface area contributed by atoms with E-state index in [9.17, 15) is 24.7 Å². The zero-order valence-corrected chi connectivity index (χ0v) is 28.3. The van der Waals surface area contributed by atoms with Crippen LogP contribution in [0.1, 0.15) is 162 Å². The maximum absolute atomic E-state index is 10.4. The molecule has 5 N–H and O–H groups in total. The predicted octanol–water partition coefficient (Wildman–Crippen LogP) is 8.82. The Hall–Kier alpha value is 0.540. The number of aliphatic hydroxyl groups is 1. The summed E-state index contributed by atoms with van der Waals surface area (Å²) in [4.78, 5) is 37.5. The first-order chi connectivity index (χ1) is 19.9. The fourth-order valence-corrected chi connectivity index (χ4v) is 6.09. The van der Waals surface area contributed by atoms with E-state index in [1.54, 1.807) is 0 Å². The van der Waals surface area contributed by atoms with Gasteiger partial charge in [0.1, 0.15) is 0 Å². The maximum atomic E-state index is 10.4. The lowest BCUT2D eigenvalue weighted by Crippen LogP contribution is -2.47. The van der Waals surface area contributed by atoms with Crippen molar-refractivity contribution in [1.29, 1.82) is 0 Å². The maximum Gasteiger partial charge on any atom is 0.327 e. The van der Waals surface area contributed by atoms with E-state index in [0.29, 0.717) is 13.0 Å². The molecule has 1 atom stereocenters. The van der Waals surface area contributed by atoms with E-state index in [1.165, 1.54) is 109 Å². The molecule has 0 aliphatic heterocycles. The molecule has 0 aromatic heterocycles. The van der Waals surface area contributed by atoms with E-state index in [0.717, 1.165) is 32.1 Å². The summed E-state index contributed by atoms with van der Waals surface area (Å²) >= 11 is 0. The SMILES string of the molecule is CCCCCCCCCCCCCOC(CCCCCCCCCCCCC)C(CO)(COP(O)O)COP(O)O. The van der Waals surface area contributed by atoms with Gasteiger partial charge in [-0.2, -0.15) is 0 Å². The van der Waals surface area contributed by atoms with Crippen molar-refractivity contribution in [2.24, 2.45) is 5.41 Å². The van der Waals surface area contributed by atoms with E-state index < -0.39 is 28.7 Å². The zero-order chi connectivity index (χ0) is 30.4. The summed E-state index contributed by atoms with van der Waals surface area (Å²) in [6, 6.07) is 0. The highest BCUT2D eigenvalue weighted by atomic mass is 31.2. The minimum Gasteiger partial charge on any atom is -0.396 e. The van der Waals surface area contributed by atoms with Crippen LogP contribution >= 0.6 is 17.2 Å². The fraction of sp³-hybridized carbons (Fsp3) is 1.00. The molecule has 0 amide bonds. The summed E-state index contributed by atoms with van der Waals surface area (Å²) < 4.78 is 16.6. The van der Waals surface area contributed by atoms with Gasteiger partial charge in [-0.25, -0.2) is 0 Å². The molecule has 8 nitrogen and oxygen atoms in total. The molecule has 0 radical (unpaired) electrons. The van der Waals surface area contributed by atoms with Crippen molar-refractivity contribution in [3.8, 4) is 0 Å². The van der Waals surface area contributed by atoms with Gasteiger partial charge in [0, 0.05) is 6.61 Å². The van der Waals surface area contributed by atoms with Crippen LogP contribution < -0.4 is 0 Å². The number of hydrogen-bond acceptors (Lipinski definition) is 8. The molecule has 0 aliphatic rings. The monoisotopic (exact) mass is 628 g/mol. The Bertz CT molecular complexity index is 516. The first-order valence-electron chi connectivity index (χ1n) is 16.8. The van der Waals surface area contributed by atoms with E-state index in [4.69, 9.17) is 13.8 Å². The first kappa shape index (κ1) is 41.5. The molecule has 0 bridgehead atoms. The van der Waals surface area contributed by atoms with Gasteiger partial charge in [0.05, 0.1) is 31.3 Å². The molecule has 1 unspecified atom stereocenters. The minimum absolute atomic E-state index is 0.202. The van der Waals surface area contributed by atoms with Gasteiger partial charge in [-0.1, -0.05) is 149 Å². The number of ether oxygens (including phenoxy) is 1. The Morgan fingerprint density at radius 1 is 0.512 bits per heavy atom. The van der Waals surface area contributed by atoms with Gasteiger partial charge >= 0.3 is 17.2 Å². The van der Waals surface area contributed by atoms with E-state index in [-0.39, 0.29) is 19.8 Å². The molecule has 10 heteroatoms. The largest absolute Gasteiger partial charge is 0.396 e. The molecule has 0 spiro atoms. The van der Waals surface area contributed by atoms with Crippen molar-refractivity contribution in [2.75, 3.05) is 26.4 Å². The van der Waals surface area contributed by atoms with Crippen molar-refractivity contribution in [2.45, 2.75) is 168 Å². The molecule has 0 heterocycles. The molecule has 0 rings (SSSR count). The summed E-state index contributed by atoms with van der Waals surface area (Å²) in [5, 5.41) is 10.4. The third kappa shape index (κ3) is 25.6. The first-order valence-corrected chi connectivity index (χ1v) is 19.1. The Morgan fingerprint density at radius 3 is 1.20 bits per heavy atom. The van der Waals surface area contributed by atoms with Gasteiger partial charge in [-0.15, -0.1) is 0 Å². The van der Waals surface area contributed by atoms with Crippen LogP contribution in [0.4, 0.5) is 0 Å². The van der Waals surface area contributed by atoms with Crippen LogP contribution in [0, 0.1) is 5.41 Å². The highest BCUT2D eigenvalue weighted by Crippen LogP contribution is 2.38. The summed E-state index contributed by atoms with van der Waals surface area (Å²) in [6.45, 7) is 4.23. The summed E-state index contributed by atoms with van der Waals surface area (Å²) in [6.07, 6.45) is 27.4. The van der Waals surface area contributed by atoms with Gasteiger partial charge in [-0.3, -0.25) is 0 Å². The molecule has 0 aromatic carbocycles. The molecule has 0 saturated carbocycles. The lowest BCUT2D eigenvalue weighted by Gasteiger charge is -2.38. The highest BCUT2D eigenvalue weighted by molar-refractivity contribution is 7.39. The van der Waals surface area contributed by atoms with Crippen molar-refractivity contribution in [1.82, 2.24) is 0 Å². The van der Waals surface area contributed by atoms with Crippen LogP contribution in [-0.2, 0) is 13.8 Å². The number of aliphatic hydroxyl groups excluding tert-OH is 1. The third-order valence-corrected chi connectivity index (χ3v) is 8.79. The van der Waals surface area contributed by atoms with E-state index >= 15 is 0 Å². The molecule has 248 valence electrons. The third-order valence-electron chi connectivity index (χ3n) is 8.07. The Morgan fingerprint density at radius 2 is 0.854 bits per heavy atom. The summed E-state index contributed by atoms with van der Waals surface area (Å²) in [5.41, 5.74) is -1.12. The van der Waals surface area contributed by atoms with E-state index in [1.807, 2.05) is 0 Å². The van der Waals surface area contributed by atoms with Gasteiger partial charge in [0.25, 0.3) is 0 Å². The lowest BCUT2D eigenvalue weighted by atomic mass is 9.81. The van der Waals surface area contributed by atoms with Crippen LogP contribution in [0.5, 0.6) is 0 Å². The molecule has 0 saturated heterocycles. The Kier molecular flexibility index (Phi) is 31.0. The Labute approximate surface area is 255 Å². The van der Waals surface area contributed by atoms with Crippen LogP contribution in [0.15, 0.2) is 0 Å². The Balaban J connectivity index is 4.65. The second-order valence-electron chi connectivity index (χ2n) is 11.8. The average molecular weight is 629 g/mol. The van der Waals surface area contributed by atoms with Gasteiger partial charge in [0.15, 0.2) is 0 Å². The molecule has 0 fully saturated rings. The summed E-state index contributed by atoms with van der Waals surface area (Å²) in [7, 11) is -5.25. The lowest BCUT2D eigenvalue weighted by molar-refractivity contribution is -0.111. The molecule has 0 aliphatic carbocycles. The number of unbranched alkanes of at least 4 members (excludes halogenated alkanes) is 20. The second-order valence-corrected chi connectivity index (χ2v) is 13.3. The topological polar surface area (TPSA) is 129 Å². The smallest absolute Gasteiger partial charge is 0.327 e. The number of rotatable bonds is 33. The molecular weight excluding hydrogens is 562 g/mol. The quantitative estimate of drug-likeness (QED) is 0.0360. The fourth-order valence-electron chi connectivity index (χ4n) is 5.35. The zero-order valence-electron chi connectivity index (χ0n) is 26.5.